The van der Waals surface area contributed by atoms with Crippen molar-refractivity contribution in [3.8, 4) is 0 Å². The minimum Gasteiger partial charge on any atom is -0.469 e. The van der Waals surface area contributed by atoms with Crippen LogP contribution in [-0.4, -0.2) is 47.7 Å². The molecule has 0 saturated carbocycles. The molecule has 0 amide bonds. The van der Waals surface area contributed by atoms with Gasteiger partial charge in [0, 0.05) is 13.2 Å². The average Bonchev–Trinajstić information content (AvgIpc) is 2.14. The summed E-state index contributed by atoms with van der Waals surface area (Å²) in [5.41, 5.74) is 0. The summed E-state index contributed by atoms with van der Waals surface area (Å²) in [6.45, 7) is 1.93. The average molecular weight is 208 g/mol. The summed E-state index contributed by atoms with van der Waals surface area (Å²) in [6, 6.07) is 0. The number of hydrogen-bond donors (Lipinski definition) is 3. The first-order chi connectivity index (χ1) is 6.58. The highest BCUT2D eigenvalue weighted by Gasteiger charge is 2.03. The summed E-state index contributed by atoms with van der Waals surface area (Å²) in [4.78, 5) is 10.2. The Hall–Kier alpha value is -0.650. The molecule has 0 saturated heterocycles. The number of carbonyl (C=O) groups is 1. The zero-order valence-corrected chi connectivity index (χ0v) is 8.77. The summed E-state index contributed by atoms with van der Waals surface area (Å²) in [5.74, 6) is -0.375. The maximum absolute atomic E-state index is 10.2. The predicted molar refractivity (Wildman–Crippen MR) is 51.7 cm³/mol. The van der Waals surface area contributed by atoms with Gasteiger partial charge in [-0.05, 0) is 19.8 Å². The fourth-order valence-electron chi connectivity index (χ4n) is 0.548. The Labute approximate surface area is 84.3 Å². The SMILES string of the molecule is COC(=O)C[C@@H](C)O.OCCCCO. The third kappa shape index (κ3) is 17.4. The molecule has 86 valence electrons. The van der Waals surface area contributed by atoms with Gasteiger partial charge in [-0.2, -0.15) is 0 Å². The van der Waals surface area contributed by atoms with Gasteiger partial charge in [0.05, 0.1) is 19.6 Å². The maximum Gasteiger partial charge on any atom is 0.308 e. The molecule has 0 unspecified atom stereocenters. The second-order valence-corrected chi connectivity index (χ2v) is 2.78. The van der Waals surface area contributed by atoms with Gasteiger partial charge in [0.25, 0.3) is 0 Å². The van der Waals surface area contributed by atoms with E-state index in [1.54, 1.807) is 0 Å². The fraction of sp³-hybridized carbons (Fsp3) is 0.889. The molecule has 0 fully saturated rings. The van der Waals surface area contributed by atoms with E-state index in [9.17, 15) is 4.79 Å². The lowest BCUT2D eigenvalue weighted by atomic mass is 10.3. The lowest BCUT2D eigenvalue weighted by Crippen LogP contribution is -2.10. The van der Waals surface area contributed by atoms with Gasteiger partial charge < -0.3 is 20.1 Å². The normalized spacial score (nSPS) is 11.2. The summed E-state index contributed by atoms with van der Waals surface area (Å²) in [5, 5.41) is 24.7. The first-order valence-corrected chi connectivity index (χ1v) is 4.55. The number of aliphatic hydroxyl groups is 3. The third-order valence-electron chi connectivity index (χ3n) is 1.26. The van der Waals surface area contributed by atoms with E-state index in [-0.39, 0.29) is 25.6 Å². The van der Waals surface area contributed by atoms with E-state index in [1.807, 2.05) is 0 Å². The van der Waals surface area contributed by atoms with Crippen LogP contribution in [0.15, 0.2) is 0 Å². The zero-order chi connectivity index (χ0) is 11.4. The van der Waals surface area contributed by atoms with Gasteiger partial charge in [0.2, 0.25) is 0 Å². The summed E-state index contributed by atoms with van der Waals surface area (Å²) in [7, 11) is 1.30. The van der Waals surface area contributed by atoms with Crippen LogP contribution in [0.3, 0.4) is 0 Å². The lowest BCUT2D eigenvalue weighted by molar-refractivity contribution is -0.142. The molecular weight excluding hydrogens is 188 g/mol. The molecule has 5 heteroatoms. The van der Waals surface area contributed by atoms with E-state index in [0.29, 0.717) is 0 Å². The van der Waals surface area contributed by atoms with Crippen molar-refractivity contribution in [2.45, 2.75) is 32.3 Å². The number of esters is 1. The van der Waals surface area contributed by atoms with Gasteiger partial charge >= 0.3 is 5.97 Å². The first-order valence-electron chi connectivity index (χ1n) is 4.55. The fourth-order valence-corrected chi connectivity index (χ4v) is 0.548. The molecule has 0 aromatic rings. The monoisotopic (exact) mass is 208 g/mol. The van der Waals surface area contributed by atoms with Crippen molar-refractivity contribution in [3.63, 3.8) is 0 Å². The van der Waals surface area contributed by atoms with Crippen LogP contribution >= 0.6 is 0 Å². The Kier molecular flexibility index (Phi) is 13.9. The van der Waals surface area contributed by atoms with Gasteiger partial charge in [-0.25, -0.2) is 0 Å². The third-order valence-corrected chi connectivity index (χ3v) is 1.26. The van der Waals surface area contributed by atoms with Gasteiger partial charge in [0.15, 0.2) is 0 Å². The smallest absolute Gasteiger partial charge is 0.308 e. The number of rotatable bonds is 5. The van der Waals surface area contributed by atoms with Crippen molar-refractivity contribution >= 4 is 5.97 Å². The van der Waals surface area contributed by atoms with Gasteiger partial charge in [0.1, 0.15) is 0 Å². The first kappa shape index (κ1) is 15.8. The Balaban J connectivity index is 0. The molecule has 0 aromatic heterocycles. The number of unbranched alkanes of at least 4 members (excludes halogenated alkanes) is 1. The Morgan fingerprint density at radius 1 is 1.29 bits per heavy atom. The van der Waals surface area contributed by atoms with Crippen molar-refractivity contribution in [3.05, 3.63) is 0 Å². The molecule has 0 aromatic carbocycles. The largest absolute Gasteiger partial charge is 0.469 e. The number of hydrogen-bond acceptors (Lipinski definition) is 5. The molecule has 0 radical (unpaired) electrons. The van der Waals surface area contributed by atoms with Crippen LogP contribution in [0.4, 0.5) is 0 Å². The Morgan fingerprint density at radius 2 is 1.71 bits per heavy atom. The molecular formula is C9H20O5. The van der Waals surface area contributed by atoms with Crippen LogP contribution in [0.5, 0.6) is 0 Å². The van der Waals surface area contributed by atoms with Crippen LogP contribution < -0.4 is 0 Å². The van der Waals surface area contributed by atoms with E-state index < -0.39 is 6.10 Å². The Morgan fingerprint density at radius 3 is 1.86 bits per heavy atom. The molecule has 0 spiro atoms. The van der Waals surface area contributed by atoms with Gasteiger partial charge in [-0.1, -0.05) is 0 Å². The molecule has 3 N–H and O–H groups in total. The van der Waals surface area contributed by atoms with Crippen molar-refractivity contribution < 1.29 is 24.9 Å². The highest BCUT2D eigenvalue weighted by atomic mass is 16.5. The molecule has 0 rings (SSSR count). The number of methoxy groups -OCH3 is 1. The molecule has 0 heterocycles. The minimum atomic E-state index is -0.595. The van der Waals surface area contributed by atoms with Crippen molar-refractivity contribution in [2.75, 3.05) is 20.3 Å². The number of carbonyl (C=O) groups excluding carboxylic acids is 1. The quantitative estimate of drug-likeness (QED) is 0.426. The van der Waals surface area contributed by atoms with Gasteiger partial charge in [-0.3, -0.25) is 4.79 Å². The predicted octanol–water partition coefficient (Wildman–Crippen LogP) is -0.319. The van der Waals surface area contributed by atoms with Crippen LogP contribution in [0.2, 0.25) is 0 Å². The number of ether oxygens (including phenoxy) is 1. The zero-order valence-electron chi connectivity index (χ0n) is 8.77. The van der Waals surface area contributed by atoms with Crippen LogP contribution in [0, 0.1) is 0 Å². The topological polar surface area (TPSA) is 87.0 Å². The van der Waals surface area contributed by atoms with Crippen molar-refractivity contribution in [1.29, 1.82) is 0 Å². The van der Waals surface area contributed by atoms with Crippen molar-refractivity contribution in [2.24, 2.45) is 0 Å². The van der Waals surface area contributed by atoms with Crippen LogP contribution in [0.25, 0.3) is 0 Å². The second kappa shape index (κ2) is 12.3. The summed E-state index contributed by atoms with van der Waals surface area (Å²) >= 11 is 0. The van der Waals surface area contributed by atoms with E-state index in [4.69, 9.17) is 15.3 Å². The van der Waals surface area contributed by atoms with Crippen molar-refractivity contribution in [1.82, 2.24) is 0 Å². The van der Waals surface area contributed by atoms with E-state index in [1.165, 1.54) is 14.0 Å². The van der Waals surface area contributed by atoms with Crippen LogP contribution in [-0.2, 0) is 9.53 Å². The highest BCUT2D eigenvalue weighted by Crippen LogP contribution is 1.89. The van der Waals surface area contributed by atoms with E-state index in [2.05, 4.69) is 4.74 Å². The minimum absolute atomic E-state index is 0.0799. The second-order valence-electron chi connectivity index (χ2n) is 2.78. The molecule has 0 aliphatic heterocycles. The summed E-state index contributed by atoms with van der Waals surface area (Å²) in [6.07, 6.45) is 0.922. The molecule has 5 nitrogen and oxygen atoms in total. The molecule has 0 bridgehead atoms. The lowest BCUT2D eigenvalue weighted by Gasteiger charge is -1.99. The molecule has 1 atom stereocenters. The highest BCUT2D eigenvalue weighted by molar-refractivity contribution is 5.69. The maximum atomic E-state index is 10.2. The van der Waals surface area contributed by atoms with E-state index in [0.717, 1.165) is 12.8 Å². The van der Waals surface area contributed by atoms with Gasteiger partial charge in [-0.15, -0.1) is 0 Å². The Bertz CT molecular complexity index is 120. The van der Waals surface area contributed by atoms with E-state index >= 15 is 0 Å². The number of aliphatic hydroxyl groups excluding tert-OH is 3. The van der Waals surface area contributed by atoms with Crippen LogP contribution in [0.1, 0.15) is 26.2 Å². The molecule has 0 aliphatic rings. The summed E-state index contributed by atoms with van der Waals surface area (Å²) < 4.78 is 4.26. The standard InChI is InChI=1S/C5H10O3.C4H10O2/c1-4(6)3-5(7)8-2;5-3-1-2-4-6/h4,6H,3H2,1-2H3;5-6H,1-4H2/t4-;/m1./s1. The molecule has 0 aliphatic carbocycles. The molecule has 14 heavy (non-hydrogen) atoms.